The molecule has 0 aromatic carbocycles. The summed E-state index contributed by atoms with van der Waals surface area (Å²) in [6.45, 7) is 2.45. The number of carbonyl (C=O) groups excluding carboxylic acids is 1. The number of aromatic nitrogens is 3. The first-order valence-electron chi connectivity index (χ1n) is 7.53. The van der Waals surface area contributed by atoms with Crippen LogP contribution in [0.4, 0.5) is 5.95 Å². The third-order valence-corrected chi connectivity index (χ3v) is 3.70. The van der Waals surface area contributed by atoms with Crippen molar-refractivity contribution in [3.8, 4) is 12.0 Å². The Balaban J connectivity index is 1.92. The van der Waals surface area contributed by atoms with E-state index >= 15 is 0 Å². The maximum Gasteiger partial charge on any atom is 0.324 e. The summed E-state index contributed by atoms with van der Waals surface area (Å²) >= 11 is 0. The molecule has 9 heteroatoms. The van der Waals surface area contributed by atoms with Gasteiger partial charge < -0.3 is 24.4 Å². The lowest BCUT2D eigenvalue weighted by Gasteiger charge is -2.31. The number of piperidine rings is 1. The van der Waals surface area contributed by atoms with E-state index in [2.05, 4.69) is 20.3 Å². The van der Waals surface area contributed by atoms with Gasteiger partial charge in [-0.05, 0) is 12.8 Å². The van der Waals surface area contributed by atoms with Crippen molar-refractivity contribution in [1.29, 1.82) is 0 Å². The van der Waals surface area contributed by atoms with Gasteiger partial charge in [0.05, 0.1) is 20.8 Å². The molecule has 0 radical (unpaired) electrons. The van der Waals surface area contributed by atoms with Crippen LogP contribution in [-0.2, 0) is 9.53 Å². The topological polar surface area (TPSA) is 98.7 Å². The highest BCUT2D eigenvalue weighted by Crippen LogP contribution is 2.23. The van der Waals surface area contributed by atoms with Crippen LogP contribution in [-0.4, -0.2) is 68.4 Å². The molecule has 128 valence electrons. The van der Waals surface area contributed by atoms with Gasteiger partial charge >= 0.3 is 12.0 Å². The molecule has 1 aromatic heterocycles. The Bertz CT molecular complexity index is 498. The molecule has 1 fully saturated rings. The van der Waals surface area contributed by atoms with Gasteiger partial charge in [-0.15, -0.1) is 4.98 Å². The van der Waals surface area contributed by atoms with Crippen molar-refractivity contribution in [1.82, 2.24) is 20.3 Å². The molecule has 9 nitrogen and oxygen atoms in total. The fourth-order valence-corrected chi connectivity index (χ4v) is 2.41. The maximum absolute atomic E-state index is 12.1. The summed E-state index contributed by atoms with van der Waals surface area (Å²) in [5, 5.41) is 2.88. The van der Waals surface area contributed by atoms with Crippen LogP contribution in [0.25, 0.3) is 0 Å². The maximum atomic E-state index is 12.1. The highest BCUT2D eigenvalue weighted by Gasteiger charge is 2.26. The zero-order chi connectivity index (χ0) is 16.7. The summed E-state index contributed by atoms with van der Waals surface area (Å²) in [5.74, 6) is 0.591. The van der Waals surface area contributed by atoms with E-state index in [1.165, 1.54) is 14.2 Å². The molecule has 1 aliphatic heterocycles. The molecule has 1 amide bonds. The molecular weight excluding hydrogens is 302 g/mol. The Morgan fingerprint density at radius 2 is 1.74 bits per heavy atom. The van der Waals surface area contributed by atoms with Gasteiger partial charge in [0.15, 0.2) is 0 Å². The van der Waals surface area contributed by atoms with Crippen LogP contribution >= 0.6 is 0 Å². The van der Waals surface area contributed by atoms with E-state index in [1.807, 2.05) is 4.90 Å². The lowest BCUT2D eigenvalue weighted by atomic mass is 9.96. The molecule has 0 saturated carbocycles. The Labute approximate surface area is 135 Å². The van der Waals surface area contributed by atoms with E-state index in [1.54, 1.807) is 7.11 Å². The number of rotatable bonds is 7. The standard InChI is InChI=1S/C14H23N5O4/c1-21-9-6-15-11(20)10-4-7-19(8-5-10)12-16-13(22-2)18-14(17-12)23-3/h10H,4-9H2,1-3H3,(H,15,20). The van der Waals surface area contributed by atoms with Crippen LogP contribution in [0.5, 0.6) is 12.0 Å². The van der Waals surface area contributed by atoms with Crippen LogP contribution < -0.4 is 19.7 Å². The third-order valence-electron chi connectivity index (χ3n) is 3.70. The second-order valence-corrected chi connectivity index (χ2v) is 5.15. The number of amides is 1. The van der Waals surface area contributed by atoms with Gasteiger partial charge in [-0.1, -0.05) is 0 Å². The third kappa shape index (κ3) is 4.65. The van der Waals surface area contributed by atoms with E-state index in [0.717, 1.165) is 12.8 Å². The van der Waals surface area contributed by atoms with E-state index in [9.17, 15) is 4.79 Å². The Morgan fingerprint density at radius 3 is 2.26 bits per heavy atom. The number of methoxy groups -OCH3 is 3. The average Bonchev–Trinajstić information content (AvgIpc) is 2.61. The van der Waals surface area contributed by atoms with E-state index in [4.69, 9.17) is 14.2 Å². The predicted octanol–water partition coefficient (Wildman–Crippen LogP) is -0.132. The number of nitrogens with one attached hydrogen (secondary N) is 1. The lowest BCUT2D eigenvalue weighted by Crippen LogP contribution is -2.41. The number of hydrogen-bond donors (Lipinski definition) is 1. The van der Waals surface area contributed by atoms with Crippen LogP contribution in [0.2, 0.25) is 0 Å². The molecule has 0 unspecified atom stereocenters. The van der Waals surface area contributed by atoms with E-state index in [0.29, 0.717) is 32.2 Å². The summed E-state index contributed by atoms with van der Waals surface area (Å²) in [5.41, 5.74) is 0. The Kier molecular flexibility index (Phi) is 6.33. The van der Waals surface area contributed by atoms with Crippen molar-refractivity contribution in [2.45, 2.75) is 12.8 Å². The number of nitrogens with zero attached hydrogens (tertiary/aromatic N) is 4. The zero-order valence-corrected chi connectivity index (χ0v) is 13.7. The molecule has 1 aromatic rings. The average molecular weight is 325 g/mol. The van der Waals surface area contributed by atoms with Crippen molar-refractivity contribution in [2.24, 2.45) is 5.92 Å². The van der Waals surface area contributed by atoms with Crippen LogP contribution in [0.3, 0.4) is 0 Å². The van der Waals surface area contributed by atoms with Gasteiger partial charge in [-0.3, -0.25) is 4.79 Å². The fourth-order valence-electron chi connectivity index (χ4n) is 2.41. The first kappa shape index (κ1) is 17.2. The van der Waals surface area contributed by atoms with Crippen molar-refractivity contribution in [3.63, 3.8) is 0 Å². The van der Waals surface area contributed by atoms with Crippen LogP contribution in [0, 0.1) is 5.92 Å². The second kappa shape index (κ2) is 8.47. The molecule has 0 aliphatic carbocycles. The Morgan fingerprint density at radius 1 is 1.13 bits per heavy atom. The molecular formula is C14H23N5O4. The number of hydrogen-bond acceptors (Lipinski definition) is 8. The lowest BCUT2D eigenvalue weighted by molar-refractivity contribution is -0.125. The van der Waals surface area contributed by atoms with Gasteiger partial charge in [0.1, 0.15) is 0 Å². The molecule has 2 heterocycles. The quantitative estimate of drug-likeness (QED) is 0.692. The molecule has 1 saturated heterocycles. The molecule has 0 spiro atoms. The molecule has 1 aliphatic rings. The first-order chi connectivity index (χ1) is 11.2. The predicted molar refractivity (Wildman–Crippen MR) is 82.8 cm³/mol. The van der Waals surface area contributed by atoms with Gasteiger partial charge in [0, 0.05) is 32.7 Å². The molecule has 2 rings (SSSR count). The molecule has 1 N–H and O–H groups in total. The fraction of sp³-hybridized carbons (Fsp3) is 0.714. The number of carbonyl (C=O) groups is 1. The Hall–Kier alpha value is -2.16. The first-order valence-corrected chi connectivity index (χ1v) is 7.53. The smallest absolute Gasteiger partial charge is 0.324 e. The SMILES string of the molecule is COCCNC(=O)C1CCN(c2nc(OC)nc(OC)n2)CC1. The van der Waals surface area contributed by atoms with E-state index < -0.39 is 0 Å². The van der Waals surface area contributed by atoms with Gasteiger partial charge in [0.25, 0.3) is 0 Å². The van der Waals surface area contributed by atoms with Crippen LogP contribution in [0.15, 0.2) is 0 Å². The largest absolute Gasteiger partial charge is 0.467 e. The monoisotopic (exact) mass is 325 g/mol. The van der Waals surface area contributed by atoms with Crippen LogP contribution in [0.1, 0.15) is 12.8 Å². The molecule has 0 bridgehead atoms. The minimum absolute atomic E-state index is 0.00809. The summed E-state index contributed by atoms with van der Waals surface area (Å²) in [4.78, 5) is 26.5. The minimum Gasteiger partial charge on any atom is -0.467 e. The van der Waals surface area contributed by atoms with Crippen molar-refractivity contribution < 1.29 is 19.0 Å². The van der Waals surface area contributed by atoms with Gasteiger partial charge in [-0.2, -0.15) is 9.97 Å². The second-order valence-electron chi connectivity index (χ2n) is 5.15. The molecule has 0 atom stereocenters. The van der Waals surface area contributed by atoms with Crippen molar-refractivity contribution >= 4 is 11.9 Å². The molecule has 23 heavy (non-hydrogen) atoms. The summed E-state index contributed by atoms with van der Waals surface area (Å²) in [6, 6.07) is 0.428. The van der Waals surface area contributed by atoms with Crippen molar-refractivity contribution in [3.05, 3.63) is 0 Å². The summed E-state index contributed by atoms with van der Waals surface area (Å²) in [7, 11) is 4.60. The highest BCUT2D eigenvalue weighted by atomic mass is 16.5. The van der Waals surface area contributed by atoms with Crippen molar-refractivity contribution in [2.75, 3.05) is 52.5 Å². The number of anilines is 1. The normalized spacial score (nSPS) is 15.3. The highest BCUT2D eigenvalue weighted by molar-refractivity contribution is 5.78. The van der Waals surface area contributed by atoms with E-state index in [-0.39, 0.29) is 23.8 Å². The zero-order valence-electron chi connectivity index (χ0n) is 13.7. The van der Waals surface area contributed by atoms with Gasteiger partial charge in [-0.25, -0.2) is 0 Å². The minimum atomic E-state index is 0.00809. The van der Waals surface area contributed by atoms with Gasteiger partial charge in [0.2, 0.25) is 11.9 Å². The summed E-state index contributed by atoms with van der Waals surface area (Å²) < 4.78 is 15.0. The summed E-state index contributed by atoms with van der Waals surface area (Å²) in [6.07, 6.45) is 1.49. The number of ether oxygens (including phenoxy) is 3.